The molecule has 1 aliphatic carbocycles. The van der Waals surface area contributed by atoms with Crippen LogP contribution < -0.4 is 10.6 Å². The summed E-state index contributed by atoms with van der Waals surface area (Å²) >= 11 is 0. The lowest BCUT2D eigenvalue weighted by Gasteiger charge is -2.35. The number of hydrogen-bond donors (Lipinski definition) is 2. The van der Waals surface area contributed by atoms with E-state index in [1.54, 1.807) is 0 Å². The number of pyridine rings is 1. The lowest BCUT2D eigenvalue weighted by molar-refractivity contribution is 0.224. The van der Waals surface area contributed by atoms with E-state index in [1.807, 2.05) is 18.3 Å². The van der Waals surface area contributed by atoms with Crippen LogP contribution in [-0.2, 0) is 6.42 Å². The van der Waals surface area contributed by atoms with Crippen molar-refractivity contribution in [1.82, 2.24) is 15.6 Å². The first-order chi connectivity index (χ1) is 13.3. The number of carbonyl (C=O) groups is 1. The van der Waals surface area contributed by atoms with Gasteiger partial charge in [-0.3, -0.25) is 4.98 Å². The number of rotatable bonds is 6. The zero-order chi connectivity index (χ0) is 18.5. The van der Waals surface area contributed by atoms with Crippen LogP contribution in [0.25, 0.3) is 10.9 Å². The maximum Gasteiger partial charge on any atom is 0.314 e. The number of urea groups is 1. The van der Waals surface area contributed by atoms with Crippen LogP contribution in [0.2, 0.25) is 0 Å². The van der Waals surface area contributed by atoms with Crippen LogP contribution in [0, 0.1) is 5.92 Å². The normalized spacial score (nSPS) is 18.7. The smallest absolute Gasteiger partial charge is 0.314 e. The van der Waals surface area contributed by atoms with Crippen molar-refractivity contribution >= 4 is 16.9 Å². The van der Waals surface area contributed by atoms with E-state index < -0.39 is 0 Å². The van der Waals surface area contributed by atoms with Crippen molar-refractivity contribution < 1.29 is 4.79 Å². The summed E-state index contributed by atoms with van der Waals surface area (Å²) in [6, 6.07) is 20.8. The maximum atomic E-state index is 12.1. The van der Waals surface area contributed by atoms with E-state index >= 15 is 0 Å². The Morgan fingerprint density at radius 2 is 1.78 bits per heavy atom. The minimum absolute atomic E-state index is 0.0774. The van der Waals surface area contributed by atoms with Crippen LogP contribution in [-0.4, -0.2) is 24.1 Å². The standard InChI is InChI=1S/C23H25N3O/c27-23(26-16-17-14-21(15-17)18-6-2-1-3-7-18)25-13-11-20-9-4-8-19-10-5-12-24-22(19)20/h1-10,12,17,21H,11,13-16H2,(H2,25,26,27). The number of fused-ring (bicyclic) bond motifs is 1. The Morgan fingerprint density at radius 3 is 2.63 bits per heavy atom. The molecule has 1 aromatic heterocycles. The van der Waals surface area contributed by atoms with E-state index in [-0.39, 0.29) is 6.03 Å². The monoisotopic (exact) mass is 359 g/mol. The van der Waals surface area contributed by atoms with E-state index in [1.165, 1.54) is 5.56 Å². The van der Waals surface area contributed by atoms with Gasteiger partial charge in [0.15, 0.2) is 0 Å². The Morgan fingerprint density at radius 1 is 0.963 bits per heavy atom. The van der Waals surface area contributed by atoms with Gasteiger partial charge >= 0.3 is 6.03 Å². The largest absolute Gasteiger partial charge is 0.338 e. The summed E-state index contributed by atoms with van der Waals surface area (Å²) in [4.78, 5) is 16.5. The van der Waals surface area contributed by atoms with Gasteiger partial charge in [-0.1, -0.05) is 54.6 Å². The van der Waals surface area contributed by atoms with Gasteiger partial charge in [0.1, 0.15) is 0 Å². The fraction of sp³-hybridized carbons (Fsp3) is 0.304. The fourth-order valence-corrected chi connectivity index (χ4v) is 3.88. The Hall–Kier alpha value is -2.88. The molecule has 0 aliphatic heterocycles. The highest BCUT2D eigenvalue weighted by Gasteiger charge is 2.30. The average molecular weight is 359 g/mol. The van der Waals surface area contributed by atoms with Crippen LogP contribution in [0.5, 0.6) is 0 Å². The predicted octanol–water partition coefficient (Wildman–Crippen LogP) is 4.27. The zero-order valence-corrected chi connectivity index (χ0v) is 15.4. The molecule has 0 saturated heterocycles. The Balaban J connectivity index is 1.18. The van der Waals surface area contributed by atoms with E-state index in [0.717, 1.165) is 42.3 Å². The molecule has 3 aromatic rings. The third-order valence-corrected chi connectivity index (χ3v) is 5.45. The first kappa shape index (κ1) is 17.5. The summed E-state index contributed by atoms with van der Waals surface area (Å²) in [6.45, 7) is 1.36. The molecule has 1 saturated carbocycles. The van der Waals surface area contributed by atoms with Gasteiger partial charge in [0.05, 0.1) is 5.52 Å². The summed E-state index contributed by atoms with van der Waals surface area (Å²) in [5.41, 5.74) is 3.60. The highest BCUT2D eigenvalue weighted by molar-refractivity contribution is 5.81. The van der Waals surface area contributed by atoms with Crippen LogP contribution >= 0.6 is 0 Å². The minimum Gasteiger partial charge on any atom is -0.338 e. The Kier molecular flexibility index (Phi) is 5.33. The molecule has 0 radical (unpaired) electrons. The van der Waals surface area contributed by atoms with Gasteiger partial charge in [0.25, 0.3) is 0 Å². The molecule has 2 N–H and O–H groups in total. The number of amides is 2. The van der Waals surface area contributed by atoms with Crippen molar-refractivity contribution in [1.29, 1.82) is 0 Å². The van der Waals surface area contributed by atoms with Gasteiger partial charge in [0.2, 0.25) is 0 Å². The summed E-state index contributed by atoms with van der Waals surface area (Å²) in [6.07, 6.45) is 4.91. The summed E-state index contributed by atoms with van der Waals surface area (Å²) in [7, 11) is 0. The summed E-state index contributed by atoms with van der Waals surface area (Å²) in [5, 5.41) is 7.12. The molecule has 4 heteroatoms. The molecule has 2 amide bonds. The van der Waals surface area contributed by atoms with Crippen molar-refractivity contribution in [3.8, 4) is 0 Å². The number of aromatic nitrogens is 1. The minimum atomic E-state index is -0.0774. The molecular weight excluding hydrogens is 334 g/mol. The Labute approximate surface area is 160 Å². The quantitative estimate of drug-likeness (QED) is 0.690. The summed E-state index contributed by atoms with van der Waals surface area (Å²) in [5.74, 6) is 1.24. The summed E-state index contributed by atoms with van der Waals surface area (Å²) < 4.78 is 0. The van der Waals surface area contributed by atoms with E-state index in [0.29, 0.717) is 18.4 Å². The SMILES string of the molecule is O=C(NCCc1cccc2cccnc12)NCC1CC(c2ccccc2)C1. The van der Waals surface area contributed by atoms with Gasteiger partial charge < -0.3 is 10.6 Å². The average Bonchev–Trinajstić information content (AvgIpc) is 2.68. The van der Waals surface area contributed by atoms with Crippen molar-refractivity contribution in [2.24, 2.45) is 5.92 Å². The van der Waals surface area contributed by atoms with Gasteiger partial charge in [-0.2, -0.15) is 0 Å². The number of para-hydroxylation sites is 1. The second-order valence-corrected chi connectivity index (χ2v) is 7.32. The van der Waals surface area contributed by atoms with Crippen LogP contribution in [0.4, 0.5) is 4.79 Å². The fourth-order valence-electron chi connectivity index (χ4n) is 3.88. The van der Waals surface area contributed by atoms with Crippen molar-refractivity contribution in [2.45, 2.75) is 25.2 Å². The molecule has 27 heavy (non-hydrogen) atoms. The molecule has 0 bridgehead atoms. The second kappa shape index (κ2) is 8.21. The van der Waals surface area contributed by atoms with Gasteiger partial charge in [-0.05, 0) is 48.3 Å². The van der Waals surface area contributed by atoms with Crippen LogP contribution in [0.3, 0.4) is 0 Å². The van der Waals surface area contributed by atoms with E-state index in [9.17, 15) is 4.79 Å². The van der Waals surface area contributed by atoms with Crippen molar-refractivity contribution in [3.63, 3.8) is 0 Å². The third kappa shape index (κ3) is 4.27. The Bertz CT molecular complexity index is 898. The van der Waals surface area contributed by atoms with E-state index in [4.69, 9.17) is 0 Å². The number of carbonyl (C=O) groups excluding carboxylic acids is 1. The number of nitrogens with one attached hydrogen (secondary N) is 2. The van der Waals surface area contributed by atoms with Gasteiger partial charge in [-0.15, -0.1) is 0 Å². The number of hydrogen-bond acceptors (Lipinski definition) is 2. The van der Waals surface area contributed by atoms with Crippen molar-refractivity contribution in [2.75, 3.05) is 13.1 Å². The number of benzene rings is 2. The van der Waals surface area contributed by atoms with Crippen molar-refractivity contribution in [3.05, 3.63) is 78.0 Å². The highest BCUT2D eigenvalue weighted by Crippen LogP contribution is 2.40. The third-order valence-electron chi connectivity index (χ3n) is 5.45. The predicted molar refractivity (Wildman–Crippen MR) is 109 cm³/mol. The molecule has 1 fully saturated rings. The first-order valence-corrected chi connectivity index (χ1v) is 9.69. The van der Waals surface area contributed by atoms with Gasteiger partial charge in [-0.25, -0.2) is 4.79 Å². The molecule has 0 atom stereocenters. The van der Waals surface area contributed by atoms with E-state index in [2.05, 4.69) is 64.1 Å². The van der Waals surface area contributed by atoms with Gasteiger partial charge in [0, 0.05) is 24.7 Å². The lowest BCUT2D eigenvalue weighted by atomic mass is 9.71. The lowest BCUT2D eigenvalue weighted by Crippen LogP contribution is -2.41. The van der Waals surface area contributed by atoms with Crippen LogP contribution in [0.15, 0.2) is 66.9 Å². The highest BCUT2D eigenvalue weighted by atomic mass is 16.2. The molecular formula is C23H25N3O. The molecule has 0 unspecified atom stereocenters. The molecule has 0 spiro atoms. The molecule has 4 rings (SSSR count). The molecule has 138 valence electrons. The number of nitrogens with zero attached hydrogens (tertiary/aromatic N) is 1. The maximum absolute atomic E-state index is 12.1. The molecule has 4 nitrogen and oxygen atoms in total. The second-order valence-electron chi connectivity index (χ2n) is 7.32. The molecule has 2 aromatic carbocycles. The van der Waals surface area contributed by atoms with Crippen LogP contribution in [0.1, 0.15) is 29.9 Å². The zero-order valence-electron chi connectivity index (χ0n) is 15.4. The molecule has 1 aliphatic rings. The first-order valence-electron chi connectivity index (χ1n) is 9.69. The topological polar surface area (TPSA) is 54.0 Å². The molecule has 1 heterocycles.